The number of aliphatic carboxylic acids is 1. The fraction of sp³-hybridized carbons (Fsp3) is 0.400. The van der Waals surface area contributed by atoms with Crippen molar-refractivity contribution in [3.8, 4) is 5.69 Å². The van der Waals surface area contributed by atoms with E-state index in [1.54, 1.807) is 13.0 Å². The number of carbonyl (C=O) groups excluding carboxylic acids is 1. The standard InChI is InChI=1S/C20H20FN3O4/c1-11-8-17(25)18(22-24(11)16-5-3-2-4-15(16)21)19(26)23-9-13(12-6-7-12)14(10-23)20(27)28/h2-5,8,12-14H,6-7,9-10H2,1H3,(H,27,28)/t13-,14+/m1/s1. The maximum Gasteiger partial charge on any atom is 0.308 e. The van der Waals surface area contributed by atoms with E-state index in [2.05, 4.69) is 5.10 Å². The number of hydrogen-bond donors (Lipinski definition) is 1. The monoisotopic (exact) mass is 385 g/mol. The summed E-state index contributed by atoms with van der Waals surface area (Å²) in [7, 11) is 0. The Kier molecular flexibility index (Phi) is 4.49. The van der Waals surface area contributed by atoms with Crippen molar-refractivity contribution in [1.82, 2.24) is 14.7 Å². The zero-order valence-electron chi connectivity index (χ0n) is 15.3. The molecule has 0 bridgehead atoms. The van der Waals surface area contributed by atoms with Crippen molar-refractivity contribution in [3.05, 3.63) is 57.8 Å². The Morgan fingerprint density at radius 1 is 1.21 bits per heavy atom. The molecule has 1 N–H and O–H groups in total. The topological polar surface area (TPSA) is 92.5 Å². The molecule has 2 fully saturated rings. The highest BCUT2D eigenvalue weighted by molar-refractivity contribution is 5.93. The smallest absolute Gasteiger partial charge is 0.308 e. The average Bonchev–Trinajstić information content (AvgIpc) is 3.40. The first-order valence-electron chi connectivity index (χ1n) is 9.24. The average molecular weight is 385 g/mol. The normalized spacial score (nSPS) is 21.7. The van der Waals surface area contributed by atoms with E-state index in [1.807, 2.05) is 0 Å². The van der Waals surface area contributed by atoms with Gasteiger partial charge in [-0.05, 0) is 43.7 Å². The SMILES string of the molecule is Cc1cc(=O)c(C(=O)N2C[C@H](C(=O)O)[C@@H](C3CC3)C2)nn1-c1ccccc1F. The molecule has 1 aromatic heterocycles. The maximum atomic E-state index is 14.2. The van der Waals surface area contributed by atoms with E-state index in [0.717, 1.165) is 12.8 Å². The summed E-state index contributed by atoms with van der Waals surface area (Å²) < 4.78 is 15.4. The molecule has 1 aromatic carbocycles. The number of halogens is 1. The minimum atomic E-state index is -0.923. The number of carboxylic acids is 1. The highest BCUT2D eigenvalue weighted by atomic mass is 19.1. The van der Waals surface area contributed by atoms with Crippen molar-refractivity contribution in [2.75, 3.05) is 13.1 Å². The molecule has 2 aromatic rings. The molecule has 2 aliphatic rings. The lowest BCUT2D eigenvalue weighted by molar-refractivity contribution is -0.142. The molecule has 28 heavy (non-hydrogen) atoms. The van der Waals surface area contributed by atoms with Crippen molar-refractivity contribution in [2.24, 2.45) is 17.8 Å². The van der Waals surface area contributed by atoms with E-state index in [0.29, 0.717) is 18.2 Å². The Bertz CT molecular complexity index is 1010. The van der Waals surface area contributed by atoms with Gasteiger partial charge >= 0.3 is 5.97 Å². The van der Waals surface area contributed by atoms with Gasteiger partial charge in [0.1, 0.15) is 11.5 Å². The Hall–Kier alpha value is -3.03. The quantitative estimate of drug-likeness (QED) is 0.867. The highest BCUT2D eigenvalue weighted by Crippen LogP contribution is 2.44. The van der Waals surface area contributed by atoms with Gasteiger partial charge in [0, 0.05) is 24.8 Å². The van der Waals surface area contributed by atoms with Crippen LogP contribution in [0.1, 0.15) is 29.0 Å². The molecule has 2 atom stereocenters. The van der Waals surface area contributed by atoms with Gasteiger partial charge in [-0.3, -0.25) is 14.4 Å². The van der Waals surface area contributed by atoms with E-state index in [4.69, 9.17) is 0 Å². The number of para-hydroxylation sites is 1. The summed E-state index contributed by atoms with van der Waals surface area (Å²) in [6.45, 7) is 1.97. The minimum Gasteiger partial charge on any atom is -0.481 e. The Labute approximate surface area is 160 Å². The number of hydrogen-bond acceptors (Lipinski definition) is 4. The first-order valence-corrected chi connectivity index (χ1v) is 9.24. The Morgan fingerprint density at radius 3 is 2.57 bits per heavy atom. The zero-order chi connectivity index (χ0) is 20.0. The number of likely N-dealkylation sites (tertiary alicyclic amines) is 1. The second-order valence-electron chi connectivity index (χ2n) is 7.52. The third kappa shape index (κ3) is 3.19. The van der Waals surface area contributed by atoms with Crippen molar-refractivity contribution in [2.45, 2.75) is 19.8 Å². The summed E-state index contributed by atoms with van der Waals surface area (Å²) in [4.78, 5) is 38.4. The van der Waals surface area contributed by atoms with Crippen LogP contribution >= 0.6 is 0 Å². The van der Waals surface area contributed by atoms with Crippen LogP contribution in [0.3, 0.4) is 0 Å². The number of carboxylic acid groups (broad SMARTS) is 1. The van der Waals surface area contributed by atoms with Gasteiger partial charge in [0.25, 0.3) is 5.91 Å². The molecule has 0 spiro atoms. The van der Waals surface area contributed by atoms with Crippen LogP contribution in [0.5, 0.6) is 0 Å². The second kappa shape index (κ2) is 6.85. The van der Waals surface area contributed by atoms with Crippen LogP contribution < -0.4 is 5.43 Å². The van der Waals surface area contributed by atoms with E-state index in [1.165, 1.54) is 33.8 Å². The number of amides is 1. The van der Waals surface area contributed by atoms with Gasteiger partial charge in [-0.1, -0.05) is 12.1 Å². The molecular formula is C20H20FN3O4. The number of benzene rings is 1. The van der Waals surface area contributed by atoms with Gasteiger partial charge in [-0.2, -0.15) is 5.10 Å². The zero-order valence-corrected chi connectivity index (χ0v) is 15.3. The van der Waals surface area contributed by atoms with Gasteiger partial charge in [-0.15, -0.1) is 0 Å². The lowest BCUT2D eigenvalue weighted by atomic mass is 9.92. The molecule has 2 heterocycles. The molecule has 1 saturated heterocycles. The summed E-state index contributed by atoms with van der Waals surface area (Å²) in [6, 6.07) is 7.20. The molecule has 1 saturated carbocycles. The largest absolute Gasteiger partial charge is 0.481 e. The summed E-state index contributed by atoms with van der Waals surface area (Å²) in [5.74, 6) is -2.46. The molecule has 7 nitrogen and oxygen atoms in total. The van der Waals surface area contributed by atoms with Crippen LogP contribution in [-0.4, -0.2) is 44.8 Å². The van der Waals surface area contributed by atoms with Crippen LogP contribution in [0, 0.1) is 30.5 Å². The van der Waals surface area contributed by atoms with Crippen LogP contribution in [-0.2, 0) is 4.79 Å². The first kappa shape index (κ1) is 18.3. The van der Waals surface area contributed by atoms with Gasteiger partial charge < -0.3 is 10.0 Å². The van der Waals surface area contributed by atoms with Gasteiger partial charge in [0.05, 0.1) is 5.92 Å². The van der Waals surface area contributed by atoms with E-state index < -0.39 is 29.0 Å². The Morgan fingerprint density at radius 2 is 1.93 bits per heavy atom. The van der Waals surface area contributed by atoms with Crippen molar-refractivity contribution in [1.29, 1.82) is 0 Å². The summed E-state index contributed by atoms with van der Waals surface area (Å²) in [6.07, 6.45) is 1.94. The fourth-order valence-electron chi connectivity index (χ4n) is 3.97. The predicted molar refractivity (Wildman–Crippen MR) is 97.8 cm³/mol. The predicted octanol–water partition coefficient (Wildman–Crippen LogP) is 1.86. The lowest BCUT2D eigenvalue weighted by Crippen LogP contribution is -2.35. The second-order valence-corrected chi connectivity index (χ2v) is 7.52. The third-order valence-corrected chi connectivity index (χ3v) is 5.59. The maximum absolute atomic E-state index is 14.2. The molecule has 1 aliphatic carbocycles. The molecule has 0 unspecified atom stereocenters. The third-order valence-electron chi connectivity index (χ3n) is 5.59. The van der Waals surface area contributed by atoms with Gasteiger partial charge in [0.15, 0.2) is 5.69 Å². The van der Waals surface area contributed by atoms with E-state index in [9.17, 15) is 23.9 Å². The number of rotatable bonds is 4. The molecule has 4 rings (SSSR count). The Balaban J connectivity index is 1.68. The first-order chi connectivity index (χ1) is 13.4. The number of nitrogens with zero attached hydrogens (tertiary/aromatic N) is 3. The number of aromatic nitrogens is 2. The molecule has 146 valence electrons. The number of carbonyl (C=O) groups is 2. The minimum absolute atomic E-state index is 0.0596. The highest BCUT2D eigenvalue weighted by Gasteiger charge is 2.47. The van der Waals surface area contributed by atoms with Crippen molar-refractivity contribution >= 4 is 11.9 Å². The van der Waals surface area contributed by atoms with Gasteiger partial charge in [0.2, 0.25) is 5.43 Å². The number of aryl methyl sites for hydroxylation is 1. The van der Waals surface area contributed by atoms with Gasteiger partial charge in [-0.25, -0.2) is 9.07 Å². The molecule has 0 radical (unpaired) electrons. The molecule has 1 amide bonds. The molecule has 1 aliphatic heterocycles. The van der Waals surface area contributed by atoms with E-state index >= 15 is 0 Å². The van der Waals surface area contributed by atoms with Crippen LogP contribution in [0.4, 0.5) is 4.39 Å². The van der Waals surface area contributed by atoms with E-state index in [-0.39, 0.29) is 23.8 Å². The van der Waals surface area contributed by atoms with Crippen LogP contribution in [0.15, 0.2) is 35.1 Å². The summed E-state index contributed by atoms with van der Waals surface area (Å²) >= 11 is 0. The van der Waals surface area contributed by atoms with Crippen LogP contribution in [0.2, 0.25) is 0 Å². The molecular weight excluding hydrogens is 365 g/mol. The summed E-state index contributed by atoms with van der Waals surface area (Å²) in [5.41, 5.74) is -0.353. The fourth-order valence-corrected chi connectivity index (χ4v) is 3.97. The van der Waals surface area contributed by atoms with Crippen LogP contribution in [0.25, 0.3) is 5.69 Å². The summed E-state index contributed by atoms with van der Waals surface area (Å²) in [5, 5.41) is 13.6. The molecule has 8 heteroatoms. The van der Waals surface area contributed by atoms with Crippen molar-refractivity contribution in [3.63, 3.8) is 0 Å². The van der Waals surface area contributed by atoms with Crippen molar-refractivity contribution < 1.29 is 19.1 Å². The lowest BCUT2D eigenvalue weighted by Gasteiger charge is -2.17.